The van der Waals surface area contributed by atoms with E-state index in [0.29, 0.717) is 6.61 Å². The number of nitrogens with zero attached hydrogens (tertiary/aromatic N) is 1. The maximum absolute atomic E-state index is 9.00. The first kappa shape index (κ1) is 13.4. The molecule has 1 N–H and O–H groups in total. The third-order valence-electron chi connectivity index (χ3n) is 4.94. The molecule has 1 aliphatic heterocycles. The second kappa shape index (κ2) is 6.75. The number of likely N-dealkylation sites (tertiary alicyclic amines) is 1. The Morgan fingerprint density at radius 3 is 2.71 bits per heavy atom. The van der Waals surface area contributed by atoms with Crippen LogP contribution in [0.5, 0.6) is 0 Å². The van der Waals surface area contributed by atoms with Crippen LogP contribution in [0.4, 0.5) is 0 Å². The number of rotatable bonds is 5. The molecule has 1 heterocycles. The highest BCUT2D eigenvalue weighted by molar-refractivity contribution is 4.90. The van der Waals surface area contributed by atoms with Gasteiger partial charge in [-0.3, -0.25) is 4.90 Å². The first-order chi connectivity index (χ1) is 8.36. The standard InChI is InChI=1S/C15H29NO/c1-2-13-7-3-4-10-15(13)16-11-5-8-14(16)9-6-12-17/h13-15,17H,2-12H2,1H3. The number of hydrogen-bond donors (Lipinski definition) is 1. The van der Waals surface area contributed by atoms with Crippen LogP contribution in [-0.4, -0.2) is 35.2 Å². The zero-order valence-corrected chi connectivity index (χ0v) is 11.4. The fraction of sp³-hybridized carbons (Fsp3) is 1.00. The zero-order chi connectivity index (χ0) is 12.1. The van der Waals surface area contributed by atoms with Crippen LogP contribution in [0.3, 0.4) is 0 Å². The lowest BCUT2D eigenvalue weighted by atomic mass is 9.81. The first-order valence-corrected chi connectivity index (χ1v) is 7.73. The summed E-state index contributed by atoms with van der Waals surface area (Å²) in [5.74, 6) is 0.943. The average molecular weight is 239 g/mol. The predicted molar refractivity (Wildman–Crippen MR) is 72.1 cm³/mol. The molecule has 100 valence electrons. The molecule has 1 saturated carbocycles. The first-order valence-electron chi connectivity index (χ1n) is 7.73. The van der Waals surface area contributed by atoms with Gasteiger partial charge in [-0.05, 0) is 51.0 Å². The Labute approximate surface area is 106 Å². The van der Waals surface area contributed by atoms with E-state index in [4.69, 9.17) is 5.11 Å². The minimum absolute atomic E-state index is 0.367. The molecule has 2 aliphatic rings. The maximum atomic E-state index is 9.00. The van der Waals surface area contributed by atoms with Crippen LogP contribution in [0, 0.1) is 5.92 Å². The summed E-state index contributed by atoms with van der Waals surface area (Å²) in [6, 6.07) is 1.64. The van der Waals surface area contributed by atoms with Crippen LogP contribution < -0.4 is 0 Å². The van der Waals surface area contributed by atoms with Crippen molar-refractivity contribution in [2.45, 2.75) is 76.8 Å². The largest absolute Gasteiger partial charge is 0.396 e. The van der Waals surface area contributed by atoms with E-state index in [1.165, 1.54) is 57.9 Å². The highest BCUT2D eigenvalue weighted by Crippen LogP contribution is 2.35. The van der Waals surface area contributed by atoms with Gasteiger partial charge in [0.15, 0.2) is 0 Å². The second-order valence-corrected chi connectivity index (χ2v) is 5.92. The molecule has 2 fully saturated rings. The molecular formula is C15H29NO. The Bertz CT molecular complexity index is 219. The Morgan fingerprint density at radius 1 is 1.12 bits per heavy atom. The molecule has 0 aromatic heterocycles. The zero-order valence-electron chi connectivity index (χ0n) is 11.4. The fourth-order valence-electron chi connectivity index (χ4n) is 4.03. The van der Waals surface area contributed by atoms with Crippen molar-refractivity contribution in [1.82, 2.24) is 4.90 Å². The molecule has 2 nitrogen and oxygen atoms in total. The minimum atomic E-state index is 0.367. The number of hydrogen-bond acceptors (Lipinski definition) is 2. The molecule has 2 rings (SSSR count). The lowest BCUT2D eigenvalue weighted by molar-refractivity contribution is 0.0829. The molecular weight excluding hydrogens is 210 g/mol. The monoisotopic (exact) mass is 239 g/mol. The highest BCUT2D eigenvalue weighted by Gasteiger charge is 2.35. The Balaban J connectivity index is 1.93. The Hall–Kier alpha value is -0.0800. The van der Waals surface area contributed by atoms with Gasteiger partial charge in [0.05, 0.1) is 0 Å². The van der Waals surface area contributed by atoms with Gasteiger partial charge in [-0.2, -0.15) is 0 Å². The molecule has 17 heavy (non-hydrogen) atoms. The molecule has 0 spiro atoms. The van der Waals surface area contributed by atoms with Crippen LogP contribution in [-0.2, 0) is 0 Å². The molecule has 1 aliphatic carbocycles. The van der Waals surface area contributed by atoms with E-state index in [9.17, 15) is 0 Å². The topological polar surface area (TPSA) is 23.5 Å². The summed E-state index contributed by atoms with van der Waals surface area (Å²) >= 11 is 0. The third kappa shape index (κ3) is 3.23. The molecule has 1 saturated heterocycles. The van der Waals surface area contributed by atoms with Gasteiger partial charge in [-0.15, -0.1) is 0 Å². The fourth-order valence-corrected chi connectivity index (χ4v) is 4.03. The summed E-state index contributed by atoms with van der Waals surface area (Å²) in [5.41, 5.74) is 0. The van der Waals surface area contributed by atoms with Crippen LogP contribution in [0.2, 0.25) is 0 Å². The van der Waals surface area contributed by atoms with Crippen molar-refractivity contribution in [3.05, 3.63) is 0 Å². The number of aliphatic hydroxyl groups is 1. The molecule has 0 aromatic rings. The minimum Gasteiger partial charge on any atom is -0.396 e. The molecule has 0 bridgehead atoms. The van der Waals surface area contributed by atoms with Gasteiger partial charge in [0, 0.05) is 18.7 Å². The van der Waals surface area contributed by atoms with Gasteiger partial charge in [-0.25, -0.2) is 0 Å². The normalized spacial score (nSPS) is 35.3. The van der Waals surface area contributed by atoms with Gasteiger partial charge < -0.3 is 5.11 Å². The lowest BCUT2D eigenvalue weighted by Crippen LogP contribution is -2.45. The summed E-state index contributed by atoms with van der Waals surface area (Å²) in [6.07, 6.45) is 12.1. The quantitative estimate of drug-likeness (QED) is 0.796. The second-order valence-electron chi connectivity index (χ2n) is 5.92. The van der Waals surface area contributed by atoms with Crippen LogP contribution >= 0.6 is 0 Å². The van der Waals surface area contributed by atoms with Crippen molar-refractivity contribution in [3.8, 4) is 0 Å². The van der Waals surface area contributed by atoms with Gasteiger partial charge in [-0.1, -0.05) is 26.2 Å². The van der Waals surface area contributed by atoms with E-state index in [0.717, 1.165) is 24.4 Å². The summed E-state index contributed by atoms with van der Waals surface area (Å²) < 4.78 is 0. The highest BCUT2D eigenvalue weighted by atomic mass is 16.2. The van der Waals surface area contributed by atoms with Gasteiger partial charge >= 0.3 is 0 Å². The van der Waals surface area contributed by atoms with Crippen molar-refractivity contribution in [1.29, 1.82) is 0 Å². The average Bonchev–Trinajstić information content (AvgIpc) is 2.84. The Kier molecular flexibility index (Phi) is 5.30. The van der Waals surface area contributed by atoms with Crippen molar-refractivity contribution in [2.24, 2.45) is 5.92 Å². The summed E-state index contributed by atoms with van der Waals surface area (Å²) in [5, 5.41) is 9.00. The third-order valence-corrected chi connectivity index (χ3v) is 4.94. The summed E-state index contributed by atoms with van der Waals surface area (Å²) in [7, 11) is 0. The predicted octanol–water partition coefficient (Wildman–Crippen LogP) is 3.19. The van der Waals surface area contributed by atoms with E-state index < -0.39 is 0 Å². The lowest BCUT2D eigenvalue weighted by Gasteiger charge is -2.41. The van der Waals surface area contributed by atoms with Crippen molar-refractivity contribution >= 4 is 0 Å². The summed E-state index contributed by atoms with van der Waals surface area (Å²) in [4.78, 5) is 2.81. The smallest absolute Gasteiger partial charge is 0.0431 e. The molecule has 0 amide bonds. The molecule has 0 radical (unpaired) electrons. The van der Waals surface area contributed by atoms with E-state index in [-0.39, 0.29) is 0 Å². The van der Waals surface area contributed by atoms with E-state index >= 15 is 0 Å². The van der Waals surface area contributed by atoms with Crippen LogP contribution in [0.15, 0.2) is 0 Å². The molecule has 3 atom stereocenters. The van der Waals surface area contributed by atoms with E-state index in [2.05, 4.69) is 11.8 Å². The van der Waals surface area contributed by atoms with Crippen LogP contribution in [0.25, 0.3) is 0 Å². The SMILES string of the molecule is CCC1CCCCC1N1CCCC1CCCO. The van der Waals surface area contributed by atoms with E-state index in [1.54, 1.807) is 0 Å². The van der Waals surface area contributed by atoms with Crippen LogP contribution in [0.1, 0.15) is 64.7 Å². The van der Waals surface area contributed by atoms with Gasteiger partial charge in [0.1, 0.15) is 0 Å². The summed E-state index contributed by atoms with van der Waals surface area (Å²) in [6.45, 7) is 4.05. The molecule has 2 heteroatoms. The maximum Gasteiger partial charge on any atom is 0.0431 e. The molecule has 0 aromatic carbocycles. The molecule has 3 unspecified atom stereocenters. The van der Waals surface area contributed by atoms with E-state index in [1.807, 2.05) is 0 Å². The van der Waals surface area contributed by atoms with Crippen molar-refractivity contribution in [2.75, 3.05) is 13.2 Å². The van der Waals surface area contributed by atoms with Gasteiger partial charge in [0.2, 0.25) is 0 Å². The van der Waals surface area contributed by atoms with Crippen molar-refractivity contribution in [3.63, 3.8) is 0 Å². The Morgan fingerprint density at radius 2 is 1.94 bits per heavy atom. The van der Waals surface area contributed by atoms with Gasteiger partial charge in [0.25, 0.3) is 0 Å². The van der Waals surface area contributed by atoms with Crippen molar-refractivity contribution < 1.29 is 5.11 Å². The number of aliphatic hydroxyl groups excluding tert-OH is 1.